The Morgan fingerprint density at radius 2 is 2.17 bits per heavy atom. The summed E-state index contributed by atoms with van der Waals surface area (Å²) in [5.74, 6) is -0.668. The molecule has 2 unspecified atom stereocenters. The number of carbonyl (C=O) groups is 2. The van der Waals surface area contributed by atoms with Crippen LogP contribution in [0.3, 0.4) is 0 Å². The fourth-order valence-electron chi connectivity index (χ4n) is 2.40. The second-order valence-corrected chi connectivity index (χ2v) is 5.37. The summed E-state index contributed by atoms with van der Waals surface area (Å²) in [6, 6.07) is 0. The number of rotatable bonds is 4. The molecule has 0 aromatic heterocycles. The molecule has 0 aliphatic carbocycles. The molecule has 1 heterocycles. The van der Waals surface area contributed by atoms with Crippen LogP contribution in [0.15, 0.2) is 0 Å². The average Bonchev–Trinajstić information content (AvgIpc) is 2.69. The predicted octanol–water partition coefficient (Wildman–Crippen LogP) is -0.632. The van der Waals surface area contributed by atoms with Crippen molar-refractivity contribution in [3.8, 4) is 0 Å². The van der Waals surface area contributed by atoms with E-state index in [9.17, 15) is 14.7 Å². The summed E-state index contributed by atoms with van der Waals surface area (Å²) >= 11 is 0. The number of likely N-dealkylation sites (tertiary alicyclic amines) is 1. The van der Waals surface area contributed by atoms with Gasteiger partial charge in [0.2, 0.25) is 5.91 Å². The van der Waals surface area contributed by atoms with Crippen LogP contribution in [0.2, 0.25) is 0 Å². The van der Waals surface area contributed by atoms with Crippen LogP contribution in [-0.2, 0) is 14.3 Å². The van der Waals surface area contributed by atoms with Crippen molar-refractivity contribution in [2.24, 2.45) is 5.41 Å². The number of amides is 1. The van der Waals surface area contributed by atoms with Crippen LogP contribution in [0.5, 0.6) is 0 Å². The van der Waals surface area contributed by atoms with E-state index in [1.165, 1.54) is 14.0 Å². The van der Waals surface area contributed by atoms with Gasteiger partial charge >= 0.3 is 5.97 Å². The van der Waals surface area contributed by atoms with Gasteiger partial charge < -0.3 is 15.2 Å². The van der Waals surface area contributed by atoms with E-state index < -0.39 is 17.0 Å². The Kier molecular flexibility index (Phi) is 4.34. The van der Waals surface area contributed by atoms with E-state index in [0.29, 0.717) is 19.5 Å². The molecule has 6 nitrogen and oxygen atoms in total. The van der Waals surface area contributed by atoms with Crippen LogP contribution in [0, 0.1) is 5.41 Å². The highest BCUT2D eigenvalue weighted by Gasteiger charge is 2.43. The van der Waals surface area contributed by atoms with Gasteiger partial charge in [0.15, 0.2) is 5.60 Å². The van der Waals surface area contributed by atoms with Gasteiger partial charge in [0.25, 0.3) is 0 Å². The topological polar surface area (TPSA) is 78.9 Å². The summed E-state index contributed by atoms with van der Waals surface area (Å²) in [4.78, 5) is 25.0. The maximum Gasteiger partial charge on any atom is 0.338 e. The first-order valence-corrected chi connectivity index (χ1v) is 6.00. The fourth-order valence-corrected chi connectivity index (χ4v) is 2.40. The third-order valence-corrected chi connectivity index (χ3v) is 3.48. The van der Waals surface area contributed by atoms with Crippen LogP contribution >= 0.6 is 0 Å². The first-order chi connectivity index (χ1) is 8.25. The van der Waals surface area contributed by atoms with Gasteiger partial charge in [0, 0.05) is 20.1 Å². The number of nitrogens with one attached hydrogen (secondary N) is 1. The quantitative estimate of drug-likeness (QED) is 0.656. The second kappa shape index (κ2) is 5.24. The van der Waals surface area contributed by atoms with Gasteiger partial charge in [-0.05, 0) is 26.8 Å². The Labute approximate surface area is 107 Å². The van der Waals surface area contributed by atoms with Crippen LogP contribution in [0.1, 0.15) is 20.3 Å². The Hall–Kier alpha value is -1.14. The molecule has 1 rings (SSSR count). The Morgan fingerprint density at radius 3 is 2.67 bits per heavy atom. The molecule has 6 heteroatoms. The van der Waals surface area contributed by atoms with Crippen LogP contribution in [0.4, 0.5) is 0 Å². The highest BCUT2D eigenvalue weighted by Crippen LogP contribution is 2.30. The number of aliphatic hydroxyl groups is 1. The fraction of sp³-hybridized carbons (Fsp3) is 0.833. The van der Waals surface area contributed by atoms with Gasteiger partial charge in [-0.15, -0.1) is 0 Å². The standard InChI is InChI=1S/C12H22N2O4/c1-11(9(15)13-3)5-6-14(7-11)8-12(2,17)10(16)18-4/h17H,5-8H2,1-4H3,(H,13,15). The van der Waals surface area contributed by atoms with Gasteiger partial charge in [-0.1, -0.05) is 0 Å². The Bertz CT molecular complexity index is 343. The average molecular weight is 258 g/mol. The summed E-state index contributed by atoms with van der Waals surface area (Å²) in [7, 11) is 2.86. The van der Waals surface area contributed by atoms with Gasteiger partial charge in [0.1, 0.15) is 0 Å². The summed E-state index contributed by atoms with van der Waals surface area (Å²) in [6.45, 7) is 4.69. The lowest BCUT2D eigenvalue weighted by atomic mass is 9.89. The van der Waals surface area contributed by atoms with Gasteiger partial charge in [0.05, 0.1) is 12.5 Å². The summed E-state index contributed by atoms with van der Waals surface area (Å²) in [6.07, 6.45) is 0.712. The molecule has 0 spiro atoms. The zero-order valence-corrected chi connectivity index (χ0v) is 11.4. The SMILES string of the molecule is CNC(=O)C1(C)CCN(CC(C)(O)C(=O)OC)C1. The summed E-state index contributed by atoms with van der Waals surface area (Å²) in [5, 5.41) is 12.6. The van der Waals surface area contributed by atoms with Gasteiger partial charge in [-0.3, -0.25) is 9.69 Å². The lowest BCUT2D eigenvalue weighted by Gasteiger charge is -2.28. The number of ether oxygens (including phenoxy) is 1. The zero-order valence-electron chi connectivity index (χ0n) is 11.4. The second-order valence-electron chi connectivity index (χ2n) is 5.37. The van der Waals surface area contributed by atoms with E-state index in [4.69, 9.17) is 0 Å². The van der Waals surface area contributed by atoms with Crippen molar-refractivity contribution in [2.75, 3.05) is 33.8 Å². The molecular formula is C12H22N2O4. The largest absolute Gasteiger partial charge is 0.467 e. The number of carbonyl (C=O) groups excluding carboxylic acids is 2. The third kappa shape index (κ3) is 3.00. The monoisotopic (exact) mass is 258 g/mol. The van der Waals surface area contributed by atoms with Gasteiger partial charge in [-0.2, -0.15) is 0 Å². The van der Waals surface area contributed by atoms with E-state index in [1.807, 2.05) is 11.8 Å². The molecule has 1 fully saturated rings. The van der Waals surface area contributed by atoms with Crippen molar-refractivity contribution in [1.29, 1.82) is 0 Å². The van der Waals surface area contributed by atoms with Crippen molar-refractivity contribution in [3.05, 3.63) is 0 Å². The Morgan fingerprint density at radius 1 is 1.56 bits per heavy atom. The highest BCUT2D eigenvalue weighted by atomic mass is 16.5. The minimum Gasteiger partial charge on any atom is -0.467 e. The van der Waals surface area contributed by atoms with Crippen molar-refractivity contribution in [2.45, 2.75) is 25.9 Å². The lowest BCUT2D eigenvalue weighted by Crippen LogP contribution is -2.48. The first-order valence-electron chi connectivity index (χ1n) is 6.00. The third-order valence-electron chi connectivity index (χ3n) is 3.48. The minimum absolute atomic E-state index is 0.0114. The lowest BCUT2D eigenvalue weighted by molar-refractivity contribution is -0.162. The predicted molar refractivity (Wildman–Crippen MR) is 65.9 cm³/mol. The molecule has 0 saturated carbocycles. The highest BCUT2D eigenvalue weighted by molar-refractivity contribution is 5.82. The smallest absolute Gasteiger partial charge is 0.338 e. The maximum absolute atomic E-state index is 11.7. The molecule has 1 aliphatic rings. The van der Waals surface area contributed by atoms with Crippen LogP contribution in [-0.4, -0.2) is 61.3 Å². The number of β-amino-alcohol motifs (C(OH)–C–C–N with tert-alkyl or cyclic N) is 1. The van der Waals surface area contributed by atoms with Gasteiger partial charge in [-0.25, -0.2) is 4.79 Å². The van der Waals surface area contributed by atoms with Crippen LogP contribution < -0.4 is 5.32 Å². The number of nitrogens with zero attached hydrogens (tertiary/aromatic N) is 1. The first kappa shape index (κ1) is 14.9. The molecule has 0 bridgehead atoms. The van der Waals surface area contributed by atoms with Crippen molar-refractivity contribution < 1.29 is 19.4 Å². The number of esters is 1. The molecule has 18 heavy (non-hydrogen) atoms. The molecule has 0 aromatic rings. The number of hydrogen-bond donors (Lipinski definition) is 2. The number of hydrogen-bond acceptors (Lipinski definition) is 5. The zero-order chi connectivity index (χ0) is 14.0. The molecule has 2 N–H and O–H groups in total. The van der Waals surface area contributed by atoms with E-state index in [2.05, 4.69) is 10.1 Å². The Balaban J connectivity index is 2.63. The normalized spacial score (nSPS) is 27.6. The summed E-state index contributed by atoms with van der Waals surface area (Å²) < 4.78 is 4.55. The van der Waals surface area contributed by atoms with E-state index in [-0.39, 0.29) is 12.5 Å². The summed E-state index contributed by atoms with van der Waals surface area (Å²) in [5.41, 5.74) is -2.00. The van der Waals surface area contributed by atoms with Crippen molar-refractivity contribution >= 4 is 11.9 Å². The minimum atomic E-state index is -1.54. The molecule has 0 aromatic carbocycles. The van der Waals surface area contributed by atoms with E-state index in [1.54, 1.807) is 7.05 Å². The van der Waals surface area contributed by atoms with Crippen LogP contribution in [0.25, 0.3) is 0 Å². The van der Waals surface area contributed by atoms with Crippen molar-refractivity contribution in [1.82, 2.24) is 10.2 Å². The molecule has 1 aliphatic heterocycles. The molecule has 1 saturated heterocycles. The maximum atomic E-state index is 11.7. The molecule has 104 valence electrons. The van der Waals surface area contributed by atoms with E-state index in [0.717, 1.165) is 0 Å². The molecular weight excluding hydrogens is 236 g/mol. The molecule has 2 atom stereocenters. The molecule has 0 radical (unpaired) electrons. The van der Waals surface area contributed by atoms with Crippen molar-refractivity contribution in [3.63, 3.8) is 0 Å². The van der Waals surface area contributed by atoms with E-state index >= 15 is 0 Å². The molecule has 1 amide bonds. The number of methoxy groups -OCH3 is 1.